The maximum Gasteiger partial charge on any atom is 0.131 e. The molecule has 0 aliphatic rings. The summed E-state index contributed by atoms with van der Waals surface area (Å²) in [5.74, 6) is -0.235. The average Bonchev–Trinajstić information content (AvgIpc) is 2.39. The Hall–Kier alpha value is -0.900. The van der Waals surface area contributed by atoms with Crippen molar-refractivity contribution in [1.29, 1.82) is 0 Å². The molecule has 0 saturated heterocycles. The van der Waals surface area contributed by atoms with Gasteiger partial charge >= 0.3 is 0 Å². The second-order valence-corrected chi connectivity index (χ2v) is 6.31. The van der Waals surface area contributed by atoms with Gasteiger partial charge in [0.25, 0.3) is 0 Å². The van der Waals surface area contributed by atoms with Crippen LogP contribution in [-0.4, -0.2) is 6.04 Å². The summed E-state index contributed by atoms with van der Waals surface area (Å²) in [5.41, 5.74) is 2.43. The van der Waals surface area contributed by atoms with Gasteiger partial charge in [-0.05, 0) is 41.5 Å². The van der Waals surface area contributed by atoms with Gasteiger partial charge in [0.15, 0.2) is 0 Å². The number of rotatable bonds is 4. The Balaban J connectivity index is 2.47. The molecule has 106 valence electrons. The Morgan fingerprint density at radius 2 is 1.90 bits per heavy atom. The zero-order chi connectivity index (χ0) is 14.7. The van der Waals surface area contributed by atoms with Crippen molar-refractivity contribution in [3.63, 3.8) is 0 Å². The van der Waals surface area contributed by atoms with Crippen molar-refractivity contribution >= 4 is 27.5 Å². The van der Waals surface area contributed by atoms with E-state index in [0.717, 1.165) is 15.6 Å². The van der Waals surface area contributed by atoms with Crippen LogP contribution in [0, 0.1) is 5.82 Å². The minimum atomic E-state index is -0.235. The van der Waals surface area contributed by atoms with E-state index in [1.807, 2.05) is 12.1 Å². The summed E-state index contributed by atoms with van der Waals surface area (Å²) in [6.07, 6.45) is 0. The summed E-state index contributed by atoms with van der Waals surface area (Å²) >= 11 is 9.45. The van der Waals surface area contributed by atoms with E-state index in [1.54, 1.807) is 18.2 Å². The highest BCUT2D eigenvalue weighted by Gasteiger charge is 2.11. The molecule has 0 unspecified atom stereocenters. The molecule has 0 aliphatic carbocycles. The van der Waals surface area contributed by atoms with Gasteiger partial charge in [0, 0.05) is 27.6 Å². The molecule has 0 atom stereocenters. The first kappa shape index (κ1) is 15.5. The second-order valence-electron chi connectivity index (χ2n) is 4.96. The minimum Gasteiger partial charge on any atom is -0.310 e. The summed E-state index contributed by atoms with van der Waals surface area (Å²) in [4.78, 5) is 0. The van der Waals surface area contributed by atoms with E-state index in [0.29, 0.717) is 23.2 Å². The minimum absolute atomic E-state index is 0.235. The van der Waals surface area contributed by atoms with Crippen LogP contribution in [0.1, 0.15) is 19.4 Å². The highest BCUT2D eigenvalue weighted by molar-refractivity contribution is 9.10. The Morgan fingerprint density at radius 1 is 1.15 bits per heavy atom. The molecule has 0 fully saturated rings. The molecule has 0 bridgehead atoms. The number of halogens is 3. The first-order valence-electron chi connectivity index (χ1n) is 6.44. The third-order valence-electron chi connectivity index (χ3n) is 2.99. The monoisotopic (exact) mass is 355 g/mol. The highest BCUT2D eigenvalue weighted by Crippen LogP contribution is 2.30. The third kappa shape index (κ3) is 3.81. The van der Waals surface area contributed by atoms with Crippen LogP contribution in [0.4, 0.5) is 4.39 Å². The molecule has 0 amide bonds. The Bertz CT molecular complexity index is 613. The summed E-state index contributed by atoms with van der Waals surface area (Å²) in [6.45, 7) is 4.80. The van der Waals surface area contributed by atoms with Crippen molar-refractivity contribution in [3.8, 4) is 11.1 Å². The number of hydrogen-bond acceptors (Lipinski definition) is 1. The van der Waals surface area contributed by atoms with E-state index < -0.39 is 0 Å². The lowest BCUT2D eigenvalue weighted by Gasteiger charge is -2.14. The number of benzene rings is 2. The molecule has 4 heteroatoms. The summed E-state index contributed by atoms with van der Waals surface area (Å²) in [7, 11) is 0. The SMILES string of the molecule is CC(C)NCc1cc(Cl)ccc1-c1cc(Br)ccc1F. The topological polar surface area (TPSA) is 12.0 Å². The quantitative estimate of drug-likeness (QED) is 0.772. The number of hydrogen-bond donors (Lipinski definition) is 1. The van der Waals surface area contributed by atoms with Gasteiger partial charge in [-0.3, -0.25) is 0 Å². The largest absolute Gasteiger partial charge is 0.310 e. The second kappa shape index (κ2) is 6.70. The van der Waals surface area contributed by atoms with Crippen LogP contribution in [0.3, 0.4) is 0 Å². The smallest absolute Gasteiger partial charge is 0.131 e. The van der Waals surface area contributed by atoms with Crippen LogP contribution >= 0.6 is 27.5 Å². The van der Waals surface area contributed by atoms with Gasteiger partial charge in [-0.2, -0.15) is 0 Å². The molecule has 1 nitrogen and oxygen atoms in total. The molecule has 2 rings (SSSR count). The fraction of sp³-hybridized carbons (Fsp3) is 0.250. The Labute approximate surface area is 132 Å². The molecule has 2 aromatic rings. The summed E-state index contributed by atoms with van der Waals surface area (Å²) in [6, 6.07) is 10.8. The van der Waals surface area contributed by atoms with Gasteiger partial charge in [0.2, 0.25) is 0 Å². The normalized spacial score (nSPS) is 11.1. The van der Waals surface area contributed by atoms with Gasteiger partial charge < -0.3 is 5.32 Å². The maximum absolute atomic E-state index is 14.1. The standard InChI is InChI=1S/C16H16BrClFN/c1-10(2)20-9-11-7-13(18)4-5-14(11)15-8-12(17)3-6-16(15)19/h3-8,10,20H,9H2,1-2H3. The summed E-state index contributed by atoms with van der Waals surface area (Å²) < 4.78 is 14.9. The van der Waals surface area contributed by atoms with E-state index in [2.05, 4.69) is 35.1 Å². The molecule has 0 saturated carbocycles. The predicted octanol–water partition coefficient (Wildman–Crippen LogP) is 5.41. The fourth-order valence-corrected chi connectivity index (χ4v) is 2.55. The molecule has 20 heavy (non-hydrogen) atoms. The number of nitrogens with one attached hydrogen (secondary N) is 1. The molecule has 1 N–H and O–H groups in total. The van der Waals surface area contributed by atoms with Crippen molar-refractivity contribution < 1.29 is 4.39 Å². The Kier molecular flexibility index (Phi) is 5.19. The van der Waals surface area contributed by atoms with Crippen LogP contribution in [-0.2, 0) is 6.54 Å². The van der Waals surface area contributed by atoms with Crippen molar-refractivity contribution in [3.05, 3.63) is 57.3 Å². The van der Waals surface area contributed by atoms with Crippen molar-refractivity contribution in [2.24, 2.45) is 0 Å². The van der Waals surface area contributed by atoms with Crippen molar-refractivity contribution in [2.75, 3.05) is 0 Å². The molecule has 0 aliphatic heterocycles. The summed E-state index contributed by atoms with van der Waals surface area (Å²) in [5, 5.41) is 4.00. The Morgan fingerprint density at radius 3 is 2.60 bits per heavy atom. The lowest BCUT2D eigenvalue weighted by molar-refractivity contribution is 0.589. The zero-order valence-electron chi connectivity index (χ0n) is 11.4. The molecule has 0 heterocycles. The van der Waals surface area contributed by atoms with E-state index in [4.69, 9.17) is 11.6 Å². The first-order chi connectivity index (χ1) is 9.47. The van der Waals surface area contributed by atoms with Crippen molar-refractivity contribution in [2.45, 2.75) is 26.4 Å². The van der Waals surface area contributed by atoms with Crippen LogP contribution in [0.15, 0.2) is 40.9 Å². The van der Waals surface area contributed by atoms with E-state index in [1.165, 1.54) is 6.07 Å². The van der Waals surface area contributed by atoms with Gasteiger partial charge in [0.1, 0.15) is 5.82 Å². The molecular formula is C16H16BrClFN. The van der Waals surface area contributed by atoms with Gasteiger partial charge in [-0.25, -0.2) is 4.39 Å². The lowest BCUT2D eigenvalue weighted by Crippen LogP contribution is -2.22. The van der Waals surface area contributed by atoms with Crippen LogP contribution in [0.5, 0.6) is 0 Å². The van der Waals surface area contributed by atoms with Gasteiger partial charge in [-0.1, -0.05) is 47.4 Å². The molecule has 0 radical (unpaired) electrons. The molecule has 0 aromatic heterocycles. The van der Waals surface area contributed by atoms with E-state index in [9.17, 15) is 4.39 Å². The van der Waals surface area contributed by atoms with Crippen molar-refractivity contribution in [1.82, 2.24) is 5.32 Å². The molecular weight excluding hydrogens is 341 g/mol. The highest BCUT2D eigenvalue weighted by atomic mass is 79.9. The average molecular weight is 357 g/mol. The first-order valence-corrected chi connectivity index (χ1v) is 7.61. The molecule has 0 spiro atoms. The lowest BCUT2D eigenvalue weighted by atomic mass is 9.99. The fourth-order valence-electron chi connectivity index (χ4n) is 1.99. The van der Waals surface area contributed by atoms with Gasteiger partial charge in [-0.15, -0.1) is 0 Å². The van der Waals surface area contributed by atoms with Crippen LogP contribution in [0.25, 0.3) is 11.1 Å². The van der Waals surface area contributed by atoms with E-state index in [-0.39, 0.29) is 5.82 Å². The zero-order valence-corrected chi connectivity index (χ0v) is 13.7. The predicted molar refractivity (Wildman–Crippen MR) is 86.5 cm³/mol. The van der Waals surface area contributed by atoms with E-state index >= 15 is 0 Å². The van der Waals surface area contributed by atoms with Crippen LogP contribution in [0.2, 0.25) is 5.02 Å². The molecule has 2 aromatic carbocycles. The maximum atomic E-state index is 14.1. The van der Waals surface area contributed by atoms with Gasteiger partial charge in [0.05, 0.1) is 0 Å². The third-order valence-corrected chi connectivity index (χ3v) is 3.71. The van der Waals surface area contributed by atoms with Crippen LogP contribution < -0.4 is 5.32 Å².